The molecule has 9 nitrogen and oxygen atoms in total. The lowest BCUT2D eigenvalue weighted by Gasteiger charge is -2.26. The molecule has 0 saturated carbocycles. The minimum absolute atomic E-state index is 0.0656. The van der Waals surface area contributed by atoms with Crippen LogP contribution in [0.4, 0.5) is 11.0 Å². The summed E-state index contributed by atoms with van der Waals surface area (Å²) in [5.41, 5.74) is 1.93. The van der Waals surface area contributed by atoms with Crippen LogP contribution in [0.1, 0.15) is 16.1 Å². The quantitative estimate of drug-likeness (QED) is 0.483. The van der Waals surface area contributed by atoms with Crippen LogP contribution in [-0.4, -0.2) is 55.2 Å². The number of nitrogens with zero attached hydrogens (tertiary/aromatic N) is 3. The molecule has 2 aromatic heterocycles. The molecular formula is C19H21N4O5S+. The Kier molecular flexibility index (Phi) is 5.56. The van der Waals surface area contributed by atoms with Gasteiger partial charge in [-0.1, -0.05) is 17.4 Å². The zero-order chi connectivity index (χ0) is 20.4. The van der Waals surface area contributed by atoms with Gasteiger partial charge >= 0.3 is 5.88 Å². The topological polar surface area (TPSA) is 103 Å². The maximum atomic E-state index is 13.1. The minimum atomic E-state index is -0.653. The first-order valence-electron chi connectivity index (χ1n) is 9.36. The number of quaternary nitrogens is 1. The second-order valence-electron chi connectivity index (χ2n) is 6.93. The van der Waals surface area contributed by atoms with Crippen molar-refractivity contribution in [3.8, 4) is 0 Å². The van der Waals surface area contributed by atoms with Gasteiger partial charge in [0.25, 0.3) is 5.91 Å². The Labute approximate surface area is 170 Å². The Bertz CT molecular complexity index is 1040. The summed E-state index contributed by atoms with van der Waals surface area (Å²) in [6, 6.07) is 8.47. The molecule has 1 aliphatic heterocycles. The van der Waals surface area contributed by atoms with Crippen molar-refractivity contribution in [1.82, 2.24) is 4.98 Å². The third-order valence-electron chi connectivity index (χ3n) is 4.88. The van der Waals surface area contributed by atoms with Gasteiger partial charge in [0.15, 0.2) is 10.9 Å². The van der Waals surface area contributed by atoms with Gasteiger partial charge in [-0.05, 0) is 30.7 Å². The van der Waals surface area contributed by atoms with Gasteiger partial charge in [0.05, 0.1) is 42.6 Å². The van der Waals surface area contributed by atoms with Crippen molar-refractivity contribution in [3.63, 3.8) is 0 Å². The number of aromatic nitrogens is 1. The number of aryl methyl sites for hydroxylation is 1. The van der Waals surface area contributed by atoms with Crippen molar-refractivity contribution in [1.29, 1.82) is 0 Å². The first-order valence-corrected chi connectivity index (χ1v) is 10.2. The summed E-state index contributed by atoms with van der Waals surface area (Å²) in [5.74, 6) is -0.947. The molecule has 1 amide bonds. The minimum Gasteiger partial charge on any atom is -0.395 e. The van der Waals surface area contributed by atoms with Crippen LogP contribution in [0.2, 0.25) is 0 Å². The summed E-state index contributed by atoms with van der Waals surface area (Å²) in [5, 5.41) is 11.5. The highest BCUT2D eigenvalue weighted by Gasteiger charge is 2.27. The molecule has 0 unspecified atom stereocenters. The number of hydrogen-bond donors (Lipinski definition) is 1. The van der Waals surface area contributed by atoms with Gasteiger partial charge in [-0.15, -0.1) is 0 Å². The van der Waals surface area contributed by atoms with Crippen LogP contribution in [0, 0.1) is 17.0 Å². The summed E-state index contributed by atoms with van der Waals surface area (Å²) >= 11 is 1.43. The Hall–Kier alpha value is -2.82. The van der Waals surface area contributed by atoms with Gasteiger partial charge in [-0.2, -0.15) is 0 Å². The predicted octanol–water partition coefficient (Wildman–Crippen LogP) is 1.67. The molecule has 0 radical (unpaired) electrons. The summed E-state index contributed by atoms with van der Waals surface area (Å²) in [4.78, 5) is 30.9. The van der Waals surface area contributed by atoms with Crippen molar-refractivity contribution in [2.24, 2.45) is 0 Å². The van der Waals surface area contributed by atoms with E-state index >= 15 is 0 Å². The molecule has 4 rings (SSSR count). The number of benzene rings is 1. The zero-order valence-corrected chi connectivity index (χ0v) is 16.7. The number of carbonyl (C=O) groups excluding carboxylic acids is 1. The van der Waals surface area contributed by atoms with Gasteiger partial charge in [-0.3, -0.25) is 19.8 Å². The fourth-order valence-electron chi connectivity index (χ4n) is 3.27. The molecule has 0 spiro atoms. The number of carbonyl (C=O) groups is 1. The van der Waals surface area contributed by atoms with Crippen LogP contribution in [0.15, 0.2) is 34.7 Å². The average Bonchev–Trinajstić information content (AvgIpc) is 3.36. The number of anilines is 1. The SMILES string of the molecule is Cc1ccc2nc(N(CC[NH+]3CCOCC3)C(=O)c3ccc([N+](=O)[O-])o3)sc2c1. The lowest BCUT2D eigenvalue weighted by Crippen LogP contribution is -3.14. The van der Waals surface area contributed by atoms with E-state index in [2.05, 4.69) is 4.98 Å². The molecule has 1 fully saturated rings. The highest BCUT2D eigenvalue weighted by atomic mass is 32.1. The molecule has 10 heteroatoms. The number of furan rings is 1. The molecule has 0 bridgehead atoms. The molecule has 0 aliphatic carbocycles. The number of nitro groups is 1. The van der Waals surface area contributed by atoms with Gasteiger partial charge in [0.2, 0.25) is 0 Å². The maximum absolute atomic E-state index is 13.1. The van der Waals surface area contributed by atoms with Crippen LogP contribution in [0.3, 0.4) is 0 Å². The van der Waals surface area contributed by atoms with E-state index in [1.807, 2.05) is 25.1 Å². The molecule has 1 saturated heterocycles. The fourth-order valence-corrected chi connectivity index (χ4v) is 4.36. The maximum Gasteiger partial charge on any atom is 0.433 e. The zero-order valence-electron chi connectivity index (χ0n) is 15.9. The number of hydrogen-bond acceptors (Lipinski definition) is 7. The fraction of sp³-hybridized carbons (Fsp3) is 0.368. The highest BCUT2D eigenvalue weighted by molar-refractivity contribution is 7.22. The summed E-state index contributed by atoms with van der Waals surface area (Å²) < 4.78 is 11.5. The molecular weight excluding hydrogens is 396 g/mol. The Morgan fingerprint density at radius 3 is 2.83 bits per heavy atom. The number of fused-ring (bicyclic) bond motifs is 1. The molecule has 152 valence electrons. The smallest absolute Gasteiger partial charge is 0.395 e. The predicted molar refractivity (Wildman–Crippen MR) is 108 cm³/mol. The van der Waals surface area contributed by atoms with Crippen molar-refractivity contribution in [2.45, 2.75) is 6.92 Å². The highest BCUT2D eigenvalue weighted by Crippen LogP contribution is 2.30. The Balaban J connectivity index is 1.62. The second kappa shape index (κ2) is 8.27. The third-order valence-corrected chi connectivity index (χ3v) is 5.92. The summed E-state index contributed by atoms with van der Waals surface area (Å²) in [6.45, 7) is 6.34. The number of amides is 1. The van der Waals surface area contributed by atoms with Crippen molar-refractivity contribution in [3.05, 3.63) is 51.8 Å². The largest absolute Gasteiger partial charge is 0.433 e. The number of thiazole rings is 1. The normalized spacial score (nSPS) is 14.9. The first-order chi connectivity index (χ1) is 14.0. The van der Waals surface area contributed by atoms with Gasteiger partial charge in [0, 0.05) is 0 Å². The second-order valence-corrected chi connectivity index (χ2v) is 7.94. The molecule has 1 N–H and O–H groups in total. The Morgan fingerprint density at radius 2 is 2.10 bits per heavy atom. The monoisotopic (exact) mass is 417 g/mol. The van der Waals surface area contributed by atoms with Gasteiger partial charge in [-0.25, -0.2) is 4.98 Å². The lowest BCUT2D eigenvalue weighted by atomic mass is 10.2. The molecule has 1 aromatic carbocycles. The van der Waals surface area contributed by atoms with E-state index in [4.69, 9.17) is 9.15 Å². The third kappa shape index (κ3) is 4.29. The van der Waals surface area contributed by atoms with Gasteiger partial charge < -0.3 is 14.1 Å². The molecule has 0 atom stereocenters. The molecule has 1 aliphatic rings. The molecule has 3 heterocycles. The van der Waals surface area contributed by atoms with Crippen LogP contribution >= 0.6 is 11.3 Å². The van der Waals surface area contributed by atoms with E-state index in [1.54, 1.807) is 4.90 Å². The number of rotatable bonds is 6. The van der Waals surface area contributed by atoms with E-state index in [0.717, 1.165) is 35.4 Å². The van der Waals surface area contributed by atoms with Crippen molar-refractivity contribution >= 4 is 38.5 Å². The van der Waals surface area contributed by atoms with E-state index in [-0.39, 0.29) is 5.76 Å². The summed E-state index contributed by atoms with van der Waals surface area (Å²) in [7, 11) is 0. The van der Waals surface area contributed by atoms with E-state index in [9.17, 15) is 14.9 Å². The standard InChI is InChI=1S/C19H20N4O5S/c1-13-2-3-14-16(12-13)29-19(20-14)22(7-6-21-8-10-27-11-9-21)18(24)15-4-5-17(28-15)23(25)26/h2-5,12H,6-11H2,1H3/p+1. The van der Waals surface area contributed by atoms with E-state index < -0.39 is 16.7 Å². The van der Waals surface area contributed by atoms with Crippen LogP contribution in [0.25, 0.3) is 10.2 Å². The average molecular weight is 417 g/mol. The van der Waals surface area contributed by atoms with Crippen LogP contribution in [0.5, 0.6) is 0 Å². The molecule has 29 heavy (non-hydrogen) atoms. The van der Waals surface area contributed by atoms with E-state index in [1.165, 1.54) is 28.4 Å². The van der Waals surface area contributed by atoms with Crippen LogP contribution < -0.4 is 9.80 Å². The first kappa shape index (κ1) is 19.5. The number of morpholine rings is 1. The number of ether oxygens (including phenoxy) is 1. The number of nitrogens with one attached hydrogen (secondary N) is 1. The summed E-state index contributed by atoms with van der Waals surface area (Å²) in [6.07, 6.45) is 0. The Morgan fingerprint density at radius 1 is 1.31 bits per heavy atom. The molecule has 3 aromatic rings. The van der Waals surface area contributed by atoms with Crippen molar-refractivity contribution in [2.75, 3.05) is 44.3 Å². The lowest BCUT2D eigenvalue weighted by molar-refractivity contribution is -0.906. The van der Waals surface area contributed by atoms with Crippen LogP contribution in [-0.2, 0) is 4.74 Å². The van der Waals surface area contributed by atoms with E-state index in [0.29, 0.717) is 24.9 Å². The van der Waals surface area contributed by atoms with Crippen molar-refractivity contribution < 1.29 is 23.8 Å². The van der Waals surface area contributed by atoms with Gasteiger partial charge in [0.1, 0.15) is 18.0 Å².